The molecule has 0 aliphatic heterocycles. The van der Waals surface area contributed by atoms with Gasteiger partial charge in [0.05, 0.1) is 0 Å². The van der Waals surface area contributed by atoms with Crippen molar-refractivity contribution in [2.75, 3.05) is 0 Å². The van der Waals surface area contributed by atoms with Crippen molar-refractivity contribution in [3.63, 3.8) is 0 Å². The largest absolute Gasteiger partial charge is 0.481 e. The van der Waals surface area contributed by atoms with Gasteiger partial charge < -0.3 is 10.8 Å². The van der Waals surface area contributed by atoms with Crippen LogP contribution in [0.3, 0.4) is 0 Å². The van der Waals surface area contributed by atoms with Crippen LogP contribution >= 0.6 is 12.4 Å². The molecule has 0 saturated heterocycles. The molecule has 0 radical (unpaired) electrons. The molecule has 0 heterocycles. The predicted molar refractivity (Wildman–Crippen MR) is 38.1 cm³/mol. The Morgan fingerprint density at radius 3 is 2.17 bits per heavy atom. The van der Waals surface area contributed by atoms with Gasteiger partial charge in [-0.05, 0) is 6.42 Å². The molecule has 7 heteroatoms. The highest BCUT2D eigenvalue weighted by Crippen LogP contribution is 2.21. The minimum absolute atomic E-state index is 0. The maximum absolute atomic E-state index is 11.6. The summed E-state index contributed by atoms with van der Waals surface area (Å²) in [6, 6.07) is -2.03. The number of hydrogen-bond donors (Lipinski definition) is 2. The van der Waals surface area contributed by atoms with Crippen LogP contribution in [0.5, 0.6) is 0 Å². The molecule has 12 heavy (non-hydrogen) atoms. The number of carboxylic acid groups (broad SMARTS) is 1. The molecule has 3 N–H and O–H groups in total. The Balaban J connectivity index is 0. The Hall–Kier alpha value is -0.490. The van der Waals surface area contributed by atoms with Gasteiger partial charge in [-0.15, -0.1) is 12.4 Å². The highest BCUT2D eigenvalue weighted by molar-refractivity contribution is 5.85. The second-order valence-corrected chi connectivity index (χ2v) is 2.08. The van der Waals surface area contributed by atoms with Crippen molar-refractivity contribution in [1.82, 2.24) is 0 Å². The van der Waals surface area contributed by atoms with Crippen LogP contribution in [-0.2, 0) is 4.79 Å². The second kappa shape index (κ2) is 5.21. The normalized spacial score (nSPS) is 13.3. The van der Waals surface area contributed by atoms with Crippen molar-refractivity contribution in [2.45, 2.75) is 25.1 Å². The van der Waals surface area contributed by atoms with E-state index < -0.39 is 31.0 Å². The van der Waals surface area contributed by atoms with Gasteiger partial charge in [-0.25, -0.2) is 0 Å². The van der Waals surface area contributed by atoms with Crippen molar-refractivity contribution in [2.24, 2.45) is 5.73 Å². The van der Waals surface area contributed by atoms with E-state index in [9.17, 15) is 18.0 Å². The summed E-state index contributed by atoms with van der Waals surface area (Å²) in [5.74, 6) is -1.27. The average Bonchev–Trinajstić information content (AvgIpc) is 1.80. The number of halogens is 4. The quantitative estimate of drug-likeness (QED) is 0.730. The number of carbonyl (C=O) groups is 1. The van der Waals surface area contributed by atoms with Gasteiger partial charge in [0.1, 0.15) is 6.04 Å². The second-order valence-electron chi connectivity index (χ2n) is 2.08. The molecule has 0 aromatic rings. The summed E-state index contributed by atoms with van der Waals surface area (Å²) in [7, 11) is 0. The zero-order valence-corrected chi connectivity index (χ0v) is 6.78. The SMILES string of the molecule is Cl.N[C@@H](CCC(=O)O)C(F)(F)F. The number of alkyl halides is 3. The zero-order chi connectivity index (χ0) is 9.07. The lowest BCUT2D eigenvalue weighted by atomic mass is 10.1. The standard InChI is InChI=1S/C5H8F3NO2.ClH/c6-5(7,8)3(9)1-2-4(10)11;/h3H,1-2,9H2,(H,10,11);1H/t3-;/m0./s1. The highest BCUT2D eigenvalue weighted by Gasteiger charge is 2.36. The Morgan fingerprint density at radius 1 is 1.50 bits per heavy atom. The molecule has 0 unspecified atom stereocenters. The van der Waals surface area contributed by atoms with Crippen molar-refractivity contribution >= 4 is 18.4 Å². The molecule has 0 fully saturated rings. The molecule has 0 aromatic carbocycles. The Morgan fingerprint density at radius 2 is 1.92 bits per heavy atom. The van der Waals surface area contributed by atoms with E-state index in [1.807, 2.05) is 0 Å². The first-order valence-electron chi connectivity index (χ1n) is 2.88. The number of carboxylic acids is 1. The fraction of sp³-hybridized carbons (Fsp3) is 0.800. The minimum atomic E-state index is -4.49. The highest BCUT2D eigenvalue weighted by atomic mass is 35.5. The fourth-order valence-corrected chi connectivity index (χ4v) is 0.443. The Labute approximate surface area is 73.1 Å². The first-order valence-corrected chi connectivity index (χ1v) is 2.88. The van der Waals surface area contributed by atoms with Crippen LogP contribution in [0.1, 0.15) is 12.8 Å². The topological polar surface area (TPSA) is 63.3 Å². The summed E-state index contributed by atoms with van der Waals surface area (Å²) in [6.07, 6.45) is -5.62. The van der Waals surface area contributed by atoms with Gasteiger partial charge in [0.25, 0.3) is 0 Å². The molecule has 0 amide bonds. The summed E-state index contributed by atoms with van der Waals surface area (Å²) in [6.45, 7) is 0. The van der Waals surface area contributed by atoms with Crippen molar-refractivity contribution in [3.05, 3.63) is 0 Å². The van der Waals surface area contributed by atoms with Crippen LogP contribution in [0.25, 0.3) is 0 Å². The van der Waals surface area contributed by atoms with Crippen molar-refractivity contribution in [1.29, 1.82) is 0 Å². The van der Waals surface area contributed by atoms with E-state index in [0.29, 0.717) is 0 Å². The summed E-state index contributed by atoms with van der Waals surface area (Å²) >= 11 is 0. The monoisotopic (exact) mass is 207 g/mol. The molecule has 0 rings (SSSR count). The minimum Gasteiger partial charge on any atom is -0.481 e. The lowest BCUT2D eigenvalue weighted by molar-refractivity contribution is -0.152. The Bertz CT molecular complexity index is 150. The maximum atomic E-state index is 11.6. The lowest BCUT2D eigenvalue weighted by Gasteiger charge is -2.13. The van der Waals surface area contributed by atoms with Crippen LogP contribution in [0.4, 0.5) is 13.2 Å². The third-order valence-electron chi connectivity index (χ3n) is 1.09. The van der Waals surface area contributed by atoms with E-state index in [2.05, 4.69) is 5.73 Å². The molecule has 0 aliphatic rings. The van der Waals surface area contributed by atoms with Crippen molar-refractivity contribution < 1.29 is 23.1 Å². The van der Waals surface area contributed by atoms with Gasteiger partial charge in [0.2, 0.25) is 0 Å². The Kier molecular flexibility index (Phi) is 6.10. The maximum Gasteiger partial charge on any atom is 0.403 e. The van der Waals surface area contributed by atoms with E-state index in [1.54, 1.807) is 0 Å². The molecule has 0 saturated carbocycles. The summed E-state index contributed by atoms with van der Waals surface area (Å²) in [5.41, 5.74) is 4.61. The van der Waals surface area contributed by atoms with Crippen LogP contribution in [0, 0.1) is 0 Å². The van der Waals surface area contributed by atoms with E-state index in [-0.39, 0.29) is 12.4 Å². The van der Waals surface area contributed by atoms with E-state index in [0.717, 1.165) is 0 Å². The number of hydrogen-bond acceptors (Lipinski definition) is 2. The molecule has 0 aromatic heterocycles. The zero-order valence-electron chi connectivity index (χ0n) is 5.97. The summed E-state index contributed by atoms with van der Waals surface area (Å²) in [5, 5.41) is 8.01. The van der Waals surface area contributed by atoms with Crippen LogP contribution in [-0.4, -0.2) is 23.3 Å². The average molecular weight is 208 g/mol. The molecular weight excluding hydrogens is 199 g/mol. The number of nitrogens with two attached hydrogens (primary N) is 1. The molecule has 0 aliphatic carbocycles. The van der Waals surface area contributed by atoms with Gasteiger partial charge >= 0.3 is 12.1 Å². The van der Waals surface area contributed by atoms with Gasteiger partial charge in [-0.2, -0.15) is 13.2 Å². The number of rotatable bonds is 3. The smallest absolute Gasteiger partial charge is 0.403 e. The van der Waals surface area contributed by atoms with E-state index in [4.69, 9.17) is 5.11 Å². The molecule has 3 nitrogen and oxygen atoms in total. The van der Waals surface area contributed by atoms with Crippen LogP contribution in [0.2, 0.25) is 0 Å². The van der Waals surface area contributed by atoms with Crippen LogP contribution < -0.4 is 5.73 Å². The van der Waals surface area contributed by atoms with Crippen molar-refractivity contribution in [3.8, 4) is 0 Å². The molecule has 74 valence electrons. The molecule has 1 atom stereocenters. The van der Waals surface area contributed by atoms with E-state index in [1.165, 1.54) is 0 Å². The first kappa shape index (κ1) is 14.1. The predicted octanol–water partition coefficient (Wildman–Crippen LogP) is 1.16. The third kappa shape index (κ3) is 6.23. The molecular formula is C5H9ClF3NO2. The molecule has 0 bridgehead atoms. The van der Waals surface area contributed by atoms with Gasteiger partial charge in [0, 0.05) is 6.42 Å². The van der Waals surface area contributed by atoms with Gasteiger partial charge in [-0.3, -0.25) is 4.79 Å². The number of aliphatic carboxylic acids is 1. The van der Waals surface area contributed by atoms with Crippen LogP contribution in [0.15, 0.2) is 0 Å². The summed E-state index contributed by atoms with van der Waals surface area (Å²) < 4.78 is 34.7. The summed E-state index contributed by atoms with van der Waals surface area (Å²) in [4.78, 5) is 9.81. The lowest BCUT2D eigenvalue weighted by Crippen LogP contribution is -2.37. The van der Waals surface area contributed by atoms with Gasteiger partial charge in [0.15, 0.2) is 0 Å². The van der Waals surface area contributed by atoms with Gasteiger partial charge in [-0.1, -0.05) is 0 Å². The van der Waals surface area contributed by atoms with E-state index >= 15 is 0 Å². The molecule has 0 spiro atoms. The fourth-order valence-electron chi connectivity index (χ4n) is 0.443. The first-order chi connectivity index (χ1) is 4.84. The third-order valence-corrected chi connectivity index (χ3v) is 1.09.